The average Bonchev–Trinajstić information content (AvgIpc) is 2.73. The predicted molar refractivity (Wildman–Crippen MR) is 76.5 cm³/mol. The van der Waals surface area contributed by atoms with Gasteiger partial charge in [-0.1, -0.05) is 15.9 Å². The molecule has 0 fully saturated rings. The first-order valence-electron chi connectivity index (χ1n) is 5.72. The molecule has 1 N–H and O–H groups in total. The Balaban J connectivity index is 2.22. The molecule has 0 aliphatic carbocycles. The third-order valence-electron chi connectivity index (χ3n) is 2.91. The van der Waals surface area contributed by atoms with Gasteiger partial charge in [0, 0.05) is 21.9 Å². The SMILES string of the molecule is Cc1cc(-c2nc3c(C)cc(Br)cc3[nH]2)ccn1. The van der Waals surface area contributed by atoms with Gasteiger partial charge in [-0.15, -0.1) is 0 Å². The molecule has 0 spiro atoms. The number of imidazole rings is 1. The molecule has 0 unspecified atom stereocenters. The first-order valence-corrected chi connectivity index (χ1v) is 6.52. The predicted octanol–water partition coefficient (Wildman–Crippen LogP) is 4.00. The van der Waals surface area contributed by atoms with Crippen LogP contribution in [0.1, 0.15) is 11.3 Å². The van der Waals surface area contributed by atoms with Crippen LogP contribution in [-0.4, -0.2) is 15.0 Å². The van der Waals surface area contributed by atoms with Crippen LogP contribution in [0.25, 0.3) is 22.4 Å². The van der Waals surface area contributed by atoms with Crippen LogP contribution in [0.5, 0.6) is 0 Å². The van der Waals surface area contributed by atoms with Gasteiger partial charge in [0.05, 0.1) is 11.0 Å². The maximum Gasteiger partial charge on any atom is 0.138 e. The zero-order chi connectivity index (χ0) is 12.7. The molecule has 1 aromatic carbocycles. The summed E-state index contributed by atoms with van der Waals surface area (Å²) in [5, 5.41) is 0. The molecule has 0 aliphatic rings. The number of hydrogen-bond donors (Lipinski definition) is 1. The van der Waals surface area contributed by atoms with Crippen LogP contribution in [0.15, 0.2) is 34.9 Å². The van der Waals surface area contributed by atoms with E-state index in [0.29, 0.717) is 0 Å². The van der Waals surface area contributed by atoms with Crippen molar-refractivity contribution in [2.24, 2.45) is 0 Å². The molecule has 18 heavy (non-hydrogen) atoms. The summed E-state index contributed by atoms with van der Waals surface area (Å²) in [5.74, 6) is 0.886. The summed E-state index contributed by atoms with van der Waals surface area (Å²) in [7, 11) is 0. The Bertz CT molecular complexity index is 731. The third kappa shape index (κ3) is 1.93. The molecule has 0 aliphatic heterocycles. The van der Waals surface area contributed by atoms with Gasteiger partial charge in [0.1, 0.15) is 5.82 Å². The average molecular weight is 302 g/mol. The normalized spacial score (nSPS) is 11.1. The molecule has 3 nitrogen and oxygen atoms in total. The highest BCUT2D eigenvalue weighted by molar-refractivity contribution is 9.10. The van der Waals surface area contributed by atoms with Crippen LogP contribution in [0.2, 0.25) is 0 Å². The fourth-order valence-electron chi connectivity index (χ4n) is 2.08. The topological polar surface area (TPSA) is 41.6 Å². The lowest BCUT2D eigenvalue weighted by Gasteiger charge is -1.96. The van der Waals surface area contributed by atoms with Gasteiger partial charge in [-0.2, -0.15) is 0 Å². The number of benzene rings is 1. The highest BCUT2D eigenvalue weighted by Gasteiger charge is 2.08. The minimum absolute atomic E-state index is 0.886. The number of halogens is 1. The van der Waals surface area contributed by atoms with Crippen molar-refractivity contribution < 1.29 is 0 Å². The van der Waals surface area contributed by atoms with Crippen LogP contribution >= 0.6 is 15.9 Å². The lowest BCUT2D eigenvalue weighted by Crippen LogP contribution is -1.84. The fraction of sp³-hybridized carbons (Fsp3) is 0.143. The summed E-state index contributed by atoms with van der Waals surface area (Å²) in [6.07, 6.45) is 1.81. The minimum atomic E-state index is 0.886. The van der Waals surface area contributed by atoms with Gasteiger partial charge in [-0.25, -0.2) is 4.98 Å². The Morgan fingerprint density at radius 1 is 1.17 bits per heavy atom. The molecule has 0 bridgehead atoms. The van der Waals surface area contributed by atoms with Crippen molar-refractivity contribution in [3.63, 3.8) is 0 Å². The van der Waals surface area contributed by atoms with E-state index in [4.69, 9.17) is 0 Å². The molecular formula is C14H12BrN3. The van der Waals surface area contributed by atoms with Gasteiger partial charge in [-0.05, 0) is 43.7 Å². The van der Waals surface area contributed by atoms with E-state index in [0.717, 1.165) is 38.2 Å². The van der Waals surface area contributed by atoms with Gasteiger partial charge < -0.3 is 4.98 Å². The Morgan fingerprint density at radius 3 is 2.78 bits per heavy atom. The molecule has 4 heteroatoms. The molecule has 90 valence electrons. The Labute approximate surface area is 113 Å². The van der Waals surface area contributed by atoms with Crippen LogP contribution in [-0.2, 0) is 0 Å². The zero-order valence-corrected chi connectivity index (χ0v) is 11.7. The van der Waals surface area contributed by atoms with Gasteiger partial charge in [0.2, 0.25) is 0 Å². The number of nitrogens with zero attached hydrogens (tertiary/aromatic N) is 2. The molecule has 0 atom stereocenters. The van der Waals surface area contributed by atoms with Crippen LogP contribution in [0, 0.1) is 13.8 Å². The number of nitrogens with one attached hydrogen (secondary N) is 1. The standard InChI is InChI=1S/C14H12BrN3/c1-8-5-11(15)7-12-13(8)18-14(17-12)10-3-4-16-9(2)6-10/h3-7H,1-2H3,(H,17,18). The van der Waals surface area contributed by atoms with E-state index in [1.165, 1.54) is 0 Å². The summed E-state index contributed by atoms with van der Waals surface area (Å²) < 4.78 is 1.06. The number of aromatic nitrogens is 3. The van der Waals surface area contributed by atoms with E-state index in [1.54, 1.807) is 6.20 Å². The molecule has 0 radical (unpaired) electrons. The number of pyridine rings is 1. The lowest BCUT2D eigenvalue weighted by atomic mass is 10.2. The first kappa shape index (κ1) is 11.4. The highest BCUT2D eigenvalue weighted by Crippen LogP contribution is 2.25. The van der Waals surface area contributed by atoms with Crippen LogP contribution < -0.4 is 0 Å². The van der Waals surface area contributed by atoms with Crippen molar-refractivity contribution in [2.45, 2.75) is 13.8 Å². The van der Waals surface area contributed by atoms with Crippen molar-refractivity contribution >= 4 is 27.0 Å². The second-order valence-electron chi connectivity index (χ2n) is 4.39. The van der Waals surface area contributed by atoms with Gasteiger partial charge in [0.25, 0.3) is 0 Å². The second-order valence-corrected chi connectivity index (χ2v) is 5.31. The second kappa shape index (κ2) is 4.21. The smallest absolute Gasteiger partial charge is 0.138 e. The molecule has 0 amide bonds. The molecule has 2 heterocycles. The van der Waals surface area contributed by atoms with Crippen molar-refractivity contribution in [2.75, 3.05) is 0 Å². The maximum atomic E-state index is 4.66. The van der Waals surface area contributed by atoms with Crippen molar-refractivity contribution in [1.29, 1.82) is 0 Å². The number of rotatable bonds is 1. The molecular weight excluding hydrogens is 290 g/mol. The van der Waals surface area contributed by atoms with Gasteiger partial charge >= 0.3 is 0 Å². The monoisotopic (exact) mass is 301 g/mol. The largest absolute Gasteiger partial charge is 0.338 e. The summed E-state index contributed by atoms with van der Waals surface area (Å²) in [4.78, 5) is 12.2. The molecule has 0 saturated heterocycles. The molecule has 2 aromatic heterocycles. The van der Waals surface area contributed by atoms with E-state index in [-0.39, 0.29) is 0 Å². The van der Waals surface area contributed by atoms with E-state index < -0.39 is 0 Å². The fourth-order valence-corrected chi connectivity index (χ4v) is 2.65. The Morgan fingerprint density at radius 2 is 2.00 bits per heavy atom. The molecule has 3 aromatic rings. The summed E-state index contributed by atoms with van der Waals surface area (Å²) >= 11 is 3.50. The Hall–Kier alpha value is -1.68. The zero-order valence-electron chi connectivity index (χ0n) is 10.2. The van der Waals surface area contributed by atoms with Crippen molar-refractivity contribution in [1.82, 2.24) is 15.0 Å². The molecule has 3 rings (SSSR count). The number of H-pyrrole nitrogens is 1. The summed E-state index contributed by atoms with van der Waals surface area (Å²) in [6.45, 7) is 4.05. The summed E-state index contributed by atoms with van der Waals surface area (Å²) in [5.41, 5.74) is 5.28. The first-order chi connectivity index (χ1) is 8.63. The number of aryl methyl sites for hydroxylation is 2. The van der Waals surface area contributed by atoms with E-state index >= 15 is 0 Å². The minimum Gasteiger partial charge on any atom is -0.338 e. The van der Waals surface area contributed by atoms with E-state index in [2.05, 4.69) is 43.9 Å². The maximum absolute atomic E-state index is 4.66. The number of aromatic amines is 1. The lowest BCUT2D eigenvalue weighted by molar-refractivity contribution is 1.19. The van der Waals surface area contributed by atoms with Gasteiger partial charge in [-0.3, -0.25) is 4.98 Å². The molecule has 0 saturated carbocycles. The summed E-state index contributed by atoms with van der Waals surface area (Å²) in [6, 6.07) is 8.12. The third-order valence-corrected chi connectivity index (χ3v) is 3.37. The Kier molecular flexibility index (Phi) is 2.67. The van der Waals surface area contributed by atoms with Crippen molar-refractivity contribution in [3.8, 4) is 11.4 Å². The van der Waals surface area contributed by atoms with E-state index in [9.17, 15) is 0 Å². The van der Waals surface area contributed by atoms with Crippen molar-refractivity contribution in [3.05, 3.63) is 46.2 Å². The van der Waals surface area contributed by atoms with Crippen LogP contribution in [0.3, 0.4) is 0 Å². The number of fused-ring (bicyclic) bond motifs is 1. The van der Waals surface area contributed by atoms with E-state index in [1.807, 2.05) is 25.1 Å². The quantitative estimate of drug-likeness (QED) is 0.738. The highest BCUT2D eigenvalue weighted by atomic mass is 79.9. The van der Waals surface area contributed by atoms with Gasteiger partial charge in [0.15, 0.2) is 0 Å². The van der Waals surface area contributed by atoms with Crippen LogP contribution in [0.4, 0.5) is 0 Å². The number of hydrogen-bond acceptors (Lipinski definition) is 2.